The first-order valence-corrected chi connectivity index (χ1v) is 9.44. The van der Waals surface area contributed by atoms with Gasteiger partial charge in [0.2, 0.25) is 5.91 Å². The Balaban J connectivity index is 2.00. The van der Waals surface area contributed by atoms with Gasteiger partial charge in [0.1, 0.15) is 0 Å². The molecule has 6 nitrogen and oxygen atoms in total. The maximum absolute atomic E-state index is 13.0. The molecule has 134 valence electrons. The lowest BCUT2D eigenvalue weighted by atomic mass is 10.3. The second kappa shape index (κ2) is 8.14. The highest BCUT2D eigenvalue weighted by Crippen LogP contribution is 2.20. The van der Waals surface area contributed by atoms with Gasteiger partial charge in [0.15, 0.2) is 10.8 Å². The van der Waals surface area contributed by atoms with E-state index in [2.05, 4.69) is 15.3 Å². The molecule has 1 N–H and O–H groups in total. The number of thioether (sulfide) groups is 1. The monoisotopic (exact) mass is 368 g/mol. The summed E-state index contributed by atoms with van der Waals surface area (Å²) in [5, 5.41) is 3.82. The predicted molar refractivity (Wildman–Crippen MR) is 104 cm³/mol. The van der Waals surface area contributed by atoms with Crippen molar-refractivity contribution in [1.82, 2.24) is 19.9 Å². The molecule has 1 aromatic carbocycles. The van der Waals surface area contributed by atoms with Gasteiger partial charge in [-0.05, 0) is 37.6 Å². The first-order chi connectivity index (χ1) is 12.6. The summed E-state index contributed by atoms with van der Waals surface area (Å²) in [4.78, 5) is 33.8. The smallest absolute Gasteiger partial charge is 0.268 e. The molecule has 1 amide bonds. The summed E-state index contributed by atoms with van der Waals surface area (Å²) in [6.45, 7) is 3.97. The molecule has 0 aliphatic rings. The Morgan fingerprint density at radius 2 is 2.00 bits per heavy atom. The molecule has 7 heteroatoms. The maximum atomic E-state index is 13.0. The van der Waals surface area contributed by atoms with Crippen LogP contribution in [0.15, 0.2) is 58.6 Å². The summed E-state index contributed by atoms with van der Waals surface area (Å²) in [7, 11) is 0. The molecular weight excluding hydrogens is 348 g/mol. The third kappa shape index (κ3) is 3.94. The average molecular weight is 368 g/mol. The number of hydrogen-bond acceptors (Lipinski definition) is 5. The van der Waals surface area contributed by atoms with E-state index in [4.69, 9.17) is 0 Å². The van der Waals surface area contributed by atoms with E-state index in [1.54, 1.807) is 18.3 Å². The normalized spacial score (nSPS) is 12.1. The van der Waals surface area contributed by atoms with Crippen LogP contribution in [0.4, 0.5) is 0 Å². The molecule has 3 aromatic rings. The topological polar surface area (TPSA) is 76.9 Å². The van der Waals surface area contributed by atoms with Crippen LogP contribution in [-0.2, 0) is 4.79 Å². The molecule has 0 saturated heterocycles. The number of fused-ring (bicyclic) bond motifs is 1. The molecule has 2 heterocycles. The van der Waals surface area contributed by atoms with Crippen LogP contribution < -0.4 is 10.9 Å². The highest BCUT2D eigenvalue weighted by atomic mass is 32.2. The minimum atomic E-state index is -0.195. The van der Waals surface area contributed by atoms with E-state index in [0.717, 1.165) is 6.42 Å². The molecule has 0 fully saturated rings. The Hall–Kier alpha value is -2.67. The maximum Gasteiger partial charge on any atom is 0.268 e. The number of hydrogen-bond donors (Lipinski definition) is 1. The fraction of sp³-hybridized carbons (Fsp3) is 0.263. The van der Waals surface area contributed by atoms with Crippen LogP contribution in [0.2, 0.25) is 0 Å². The zero-order valence-electron chi connectivity index (χ0n) is 14.7. The van der Waals surface area contributed by atoms with E-state index < -0.39 is 0 Å². The van der Waals surface area contributed by atoms with E-state index in [-0.39, 0.29) is 23.3 Å². The number of pyridine rings is 1. The fourth-order valence-corrected chi connectivity index (χ4v) is 3.26. The first kappa shape index (κ1) is 18.1. The van der Waals surface area contributed by atoms with Crippen molar-refractivity contribution in [2.75, 3.05) is 5.75 Å². The number of amides is 1. The fourth-order valence-electron chi connectivity index (χ4n) is 2.45. The SMILES string of the molecule is CC[C@@H](C)NC(=O)CSc1nc2ncccc2c(=O)n1-c1ccccc1. The average Bonchev–Trinajstić information content (AvgIpc) is 2.67. The minimum Gasteiger partial charge on any atom is -0.353 e. The van der Waals surface area contributed by atoms with Gasteiger partial charge in [0, 0.05) is 12.2 Å². The van der Waals surface area contributed by atoms with E-state index in [1.165, 1.54) is 16.3 Å². The molecule has 0 bridgehead atoms. The number of aromatic nitrogens is 3. The number of carbonyl (C=O) groups is 1. The van der Waals surface area contributed by atoms with Crippen LogP contribution in [0.3, 0.4) is 0 Å². The second-order valence-electron chi connectivity index (χ2n) is 5.91. The van der Waals surface area contributed by atoms with E-state index in [9.17, 15) is 9.59 Å². The van der Waals surface area contributed by atoms with E-state index >= 15 is 0 Å². The van der Waals surface area contributed by atoms with Crippen LogP contribution in [0.1, 0.15) is 20.3 Å². The molecule has 26 heavy (non-hydrogen) atoms. The summed E-state index contributed by atoms with van der Waals surface area (Å²) >= 11 is 1.23. The highest BCUT2D eigenvalue weighted by Gasteiger charge is 2.15. The summed E-state index contributed by atoms with van der Waals surface area (Å²) < 4.78 is 1.53. The number of carbonyl (C=O) groups excluding carboxylic acids is 1. The van der Waals surface area contributed by atoms with E-state index in [1.807, 2.05) is 44.2 Å². The largest absolute Gasteiger partial charge is 0.353 e. The Morgan fingerprint density at radius 3 is 2.73 bits per heavy atom. The lowest BCUT2D eigenvalue weighted by Gasteiger charge is -2.14. The molecule has 0 saturated carbocycles. The number of nitrogens with zero attached hydrogens (tertiary/aromatic N) is 3. The number of benzene rings is 1. The van der Waals surface area contributed by atoms with Gasteiger partial charge in [0.25, 0.3) is 5.56 Å². The molecule has 2 aromatic heterocycles. The van der Waals surface area contributed by atoms with Crippen molar-refractivity contribution < 1.29 is 4.79 Å². The van der Waals surface area contributed by atoms with Crippen LogP contribution in [0, 0.1) is 0 Å². The van der Waals surface area contributed by atoms with Crippen molar-refractivity contribution in [2.24, 2.45) is 0 Å². The minimum absolute atomic E-state index is 0.0840. The lowest BCUT2D eigenvalue weighted by molar-refractivity contribution is -0.119. The molecule has 0 spiro atoms. The Bertz CT molecular complexity index is 972. The second-order valence-corrected chi connectivity index (χ2v) is 6.85. The van der Waals surface area contributed by atoms with Crippen molar-refractivity contribution in [3.63, 3.8) is 0 Å². The van der Waals surface area contributed by atoms with Crippen molar-refractivity contribution in [3.8, 4) is 5.69 Å². The van der Waals surface area contributed by atoms with Gasteiger partial charge in [0.05, 0.1) is 16.8 Å². The number of rotatable bonds is 6. The van der Waals surface area contributed by atoms with Crippen LogP contribution in [0.25, 0.3) is 16.7 Å². The van der Waals surface area contributed by atoms with Crippen molar-refractivity contribution in [1.29, 1.82) is 0 Å². The Morgan fingerprint density at radius 1 is 1.23 bits per heavy atom. The summed E-state index contributed by atoms with van der Waals surface area (Å²) in [5.74, 6) is 0.0985. The zero-order valence-corrected chi connectivity index (χ0v) is 15.5. The van der Waals surface area contributed by atoms with Crippen LogP contribution in [-0.4, -0.2) is 32.2 Å². The van der Waals surface area contributed by atoms with Crippen LogP contribution in [0.5, 0.6) is 0 Å². The molecule has 0 aliphatic carbocycles. The quantitative estimate of drug-likeness (QED) is 0.535. The van der Waals surface area contributed by atoms with Crippen LogP contribution >= 0.6 is 11.8 Å². The standard InChI is InChI=1S/C19H20N4O2S/c1-3-13(2)21-16(24)12-26-19-22-17-15(10-7-11-20-17)18(25)23(19)14-8-5-4-6-9-14/h4-11,13H,3,12H2,1-2H3,(H,21,24)/t13-/m1/s1. The molecule has 3 rings (SSSR count). The summed E-state index contributed by atoms with van der Waals surface area (Å²) in [6, 6.07) is 12.8. The molecule has 0 unspecified atom stereocenters. The number of nitrogens with one attached hydrogen (secondary N) is 1. The van der Waals surface area contributed by atoms with Gasteiger partial charge < -0.3 is 5.32 Å². The van der Waals surface area contributed by atoms with Gasteiger partial charge >= 0.3 is 0 Å². The Labute approximate surface area is 155 Å². The van der Waals surface area contributed by atoms with Crippen molar-refractivity contribution in [2.45, 2.75) is 31.5 Å². The molecular formula is C19H20N4O2S. The van der Waals surface area contributed by atoms with Gasteiger partial charge in [-0.25, -0.2) is 9.97 Å². The number of para-hydroxylation sites is 1. The summed E-state index contributed by atoms with van der Waals surface area (Å²) in [5.41, 5.74) is 0.897. The predicted octanol–water partition coefficient (Wildman–Crippen LogP) is 2.79. The lowest BCUT2D eigenvalue weighted by Crippen LogP contribution is -2.33. The van der Waals surface area contributed by atoms with Crippen molar-refractivity contribution in [3.05, 3.63) is 59.0 Å². The van der Waals surface area contributed by atoms with Gasteiger partial charge in [-0.2, -0.15) is 0 Å². The van der Waals surface area contributed by atoms with Gasteiger partial charge in [-0.3, -0.25) is 14.2 Å². The summed E-state index contributed by atoms with van der Waals surface area (Å²) in [6.07, 6.45) is 2.47. The molecule has 1 atom stereocenters. The molecule has 0 radical (unpaired) electrons. The molecule has 0 aliphatic heterocycles. The third-order valence-electron chi connectivity index (χ3n) is 3.98. The zero-order chi connectivity index (χ0) is 18.5. The highest BCUT2D eigenvalue weighted by molar-refractivity contribution is 7.99. The van der Waals surface area contributed by atoms with Gasteiger partial charge in [-0.15, -0.1) is 0 Å². The first-order valence-electron chi connectivity index (χ1n) is 8.45. The van der Waals surface area contributed by atoms with E-state index in [0.29, 0.717) is 21.9 Å². The van der Waals surface area contributed by atoms with Gasteiger partial charge in [-0.1, -0.05) is 36.9 Å². The van der Waals surface area contributed by atoms with Crippen molar-refractivity contribution >= 4 is 28.7 Å². The third-order valence-corrected chi connectivity index (χ3v) is 4.92. The Kier molecular flexibility index (Phi) is 5.68.